The molecular weight excluding hydrogens is 346 g/mol. The number of anilines is 1. The third kappa shape index (κ3) is 3.49. The number of hydrogen-bond acceptors (Lipinski definition) is 3. The molecule has 1 aromatic carbocycles. The second-order valence-corrected chi connectivity index (χ2v) is 8.04. The number of hydrogen-bond donors (Lipinski definition) is 1. The molecule has 1 aromatic rings. The Morgan fingerprint density at radius 2 is 1.62 bits per heavy atom. The van der Waals surface area contributed by atoms with Crippen LogP contribution in [0.4, 0.5) is 18.9 Å². The Bertz CT molecular complexity index is 672. The highest BCUT2D eigenvalue weighted by molar-refractivity contribution is 6.48. The van der Waals surface area contributed by atoms with Crippen molar-refractivity contribution in [2.24, 2.45) is 5.92 Å². The highest BCUT2D eigenvalue weighted by Crippen LogP contribution is 2.49. The first-order valence-corrected chi connectivity index (χ1v) is 8.74. The van der Waals surface area contributed by atoms with Gasteiger partial charge < -0.3 is 14.6 Å². The van der Waals surface area contributed by atoms with Gasteiger partial charge in [-0.15, -0.1) is 0 Å². The summed E-state index contributed by atoms with van der Waals surface area (Å²) in [6.45, 7) is 7.85. The molecule has 8 heteroatoms. The summed E-state index contributed by atoms with van der Waals surface area (Å²) in [5.41, 5.74) is -1.31. The number of nitrogens with one attached hydrogen (secondary N) is 1. The first kappa shape index (κ1) is 19.2. The second kappa shape index (κ2) is 6.27. The lowest BCUT2D eigenvalue weighted by molar-refractivity contribution is -0.137. The van der Waals surface area contributed by atoms with Crippen LogP contribution >= 0.6 is 0 Å². The lowest BCUT2D eigenvalue weighted by Crippen LogP contribution is -2.42. The van der Waals surface area contributed by atoms with Crippen LogP contribution in [-0.2, 0) is 20.3 Å². The number of amides is 1. The Kier molecular flexibility index (Phi) is 4.64. The fourth-order valence-corrected chi connectivity index (χ4v) is 3.22. The molecule has 4 nitrogen and oxygen atoms in total. The van der Waals surface area contributed by atoms with Gasteiger partial charge in [0.1, 0.15) is 0 Å². The van der Waals surface area contributed by atoms with Crippen LogP contribution in [-0.4, -0.2) is 24.2 Å². The van der Waals surface area contributed by atoms with Crippen LogP contribution in [0, 0.1) is 5.92 Å². The molecule has 1 heterocycles. The standard InChI is InChI=1S/C18H23BF3NO3/c1-16(2)17(3,4)26-19(25-16)14-10-9-13(14)15(24)23-12-7-5-11(6-8-12)18(20,21)22/h5-8,13-14H,9-10H2,1-4H3,(H,23,24)/t13-,14+/m1/s1. The zero-order valence-electron chi connectivity index (χ0n) is 15.3. The Hall–Kier alpha value is -1.54. The van der Waals surface area contributed by atoms with Crippen molar-refractivity contribution >= 4 is 18.7 Å². The van der Waals surface area contributed by atoms with Crippen LogP contribution < -0.4 is 5.32 Å². The fraction of sp³-hybridized carbons (Fsp3) is 0.611. The highest BCUT2D eigenvalue weighted by Gasteiger charge is 2.57. The molecule has 0 spiro atoms. The minimum atomic E-state index is -4.39. The van der Waals surface area contributed by atoms with Crippen molar-refractivity contribution in [3.63, 3.8) is 0 Å². The molecule has 1 N–H and O–H groups in total. The van der Waals surface area contributed by atoms with Crippen molar-refractivity contribution < 1.29 is 27.3 Å². The van der Waals surface area contributed by atoms with E-state index in [1.165, 1.54) is 12.1 Å². The normalized spacial score (nSPS) is 27.1. The Morgan fingerprint density at radius 1 is 1.08 bits per heavy atom. The van der Waals surface area contributed by atoms with Crippen molar-refractivity contribution in [1.82, 2.24) is 0 Å². The summed E-state index contributed by atoms with van der Waals surface area (Å²) < 4.78 is 49.9. The maximum atomic E-state index is 12.6. The summed E-state index contributed by atoms with van der Waals surface area (Å²) >= 11 is 0. The van der Waals surface area contributed by atoms with Gasteiger partial charge in [0.25, 0.3) is 0 Å². The van der Waals surface area contributed by atoms with Gasteiger partial charge in [0.2, 0.25) is 5.91 Å². The summed E-state index contributed by atoms with van der Waals surface area (Å²) in [5, 5.41) is 2.70. The molecule has 0 aromatic heterocycles. The van der Waals surface area contributed by atoms with E-state index in [1.54, 1.807) is 0 Å². The Labute approximate surface area is 151 Å². The topological polar surface area (TPSA) is 47.6 Å². The van der Waals surface area contributed by atoms with E-state index in [0.717, 1.165) is 18.6 Å². The molecule has 3 rings (SSSR count). The molecule has 0 unspecified atom stereocenters. The molecule has 1 aliphatic carbocycles. The third-order valence-electron chi connectivity index (χ3n) is 5.77. The monoisotopic (exact) mass is 369 g/mol. The van der Waals surface area contributed by atoms with Crippen LogP contribution in [0.1, 0.15) is 46.1 Å². The van der Waals surface area contributed by atoms with Crippen LogP contribution in [0.3, 0.4) is 0 Å². The predicted octanol–water partition coefficient (Wildman–Crippen LogP) is 4.52. The van der Waals surface area contributed by atoms with Gasteiger partial charge in [-0.05, 0) is 58.4 Å². The third-order valence-corrected chi connectivity index (χ3v) is 5.77. The number of rotatable bonds is 3. The lowest BCUT2D eigenvalue weighted by Gasteiger charge is -2.36. The minimum Gasteiger partial charge on any atom is -0.403 e. The van der Waals surface area contributed by atoms with Crippen LogP contribution in [0.25, 0.3) is 0 Å². The fourth-order valence-electron chi connectivity index (χ4n) is 3.22. The van der Waals surface area contributed by atoms with E-state index >= 15 is 0 Å². The van der Waals surface area contributed by atoms with Crippen molar-refractivity contribution in [2.45, 2.75) is 63.7 Å². The number of halogens is 3. The minimum absolute atomic E-state index is 0.0505. The van der Waals surface area contributed by atoms with E-state index in [9.17, 15) is 18.0 Å². The molecule has 142 valence electrons. The number of carbonyl (C=O) groups is 1. The molecule has 1 amide bonds. The number of alkyl halides is 3. The van der Waals surface area contributed by atoms with Crippen molar-refractivity contribution in [3.05, 3.63) is 29.8 Å². The molecule has 0 radical (unpaired) electrons. The van der Waals surface area contributed by atoms with Gasteiger partial charge in [0.15, 0.2) is 0 Å². The first-order chi connectivity index (χ1) is 11.9. The zero-order chi connectivity index (χ0) is 19.3. The highest BCUT2D eigenvalue weighted by atomic mass is 19.4. The van der Waals surface area contributed by atoms with Gasteiger partial charge in [-0.1, -0.05) is 6.42 Å². The van der Waals surface area contributed by atoms with Gasteiger partial charge in [-0.25, -0.2) is 0 Å². The van der Waals surface area contributed by atoms with Gasteiger partial charge in [0.05, 0.1) is 16.8 Å². The van der Waals surface area contributed by atoms with E-state index in [1.807, 2.05) is 27.7 Å². The summed E-state index contributed by atoms with van der Waals surface area (Å²) in [4.78, 5) is 12.5. The summed E-state index contributed by atoms with van der Waals surface area (Å²) in [7, 11) is -0.447. The van der Waals surface area contributed by atoms with Crippen molar-refractivity contribution in [2.75, 3.05) is 5.32 Å². The van der Waals surface area contributed by atoms with Crippen LogP contribution in [0.2, 0.25) is 5.82 Å². The van der Waals surface area contributed by atoms with E-state index < -0.39 is 30.1 Å². The smallest absolute Gasteiger partial charge is 0.403 e. The average molecular weight is 369 g/mol. The van der Waals surface area contributed by atoms with Gasteiger partial charge in [-0.3, -0.25) is 4.79 Å². The molecule has 2 atom stereocenters. The number of carbonyl (C=O) groups excluding carboxylic acids is 1. The Balaban J connectivity index is 1.62. The van der Waals surface area contributed by atoms with E-state index in [-0.39, 0.29) is 17.6 Å². The van der Waals surface area contributed by atoms with Gasteiger partial charge >= 0.3 is 13.3 Å². The Morgan fingerprint density at radius 3 is 2.04 bits per heavy atom. The van der Waals surface area contributed by atoms with E-state index in [4.69, 9.17) is 9.31 Å². The van der Waals surface area contributed by atoms with Gasteiger partial charge in [-0.2, -0.15) is 13.2 Å². The quantitative estimate of drug-likeness (QED) is 0.798. The second-order valence-electron chi connectivity index (χ2n) is 8.04. The largest absolute Gasteiger partial charge is 0.461 e. The van der Waals surface area contributed by atoms with Crippen LogP contribution in [0.5, 0.6) is 0 Å². The summed E-state index contributed by atoms with van der Waals surface area (Å²) in [5.74, 6) is -0.534. The van der Waals surface area contributed by atoms with Gasteiger partial charge in [0, 0.05) is 17.4 Å². The predicted molar refractivity (Wildman–Crippen MR) is 92.6 cm³/mol. The zero-order valence-corrected chi connectivity index (χ0v) is 15.3. The van der Waals surface area contributed by atoms with Crippen molar-refractivity contribution in [3.8, 4) is 0 Å². The maximum absolute atomic E-state index is 12.6. The molecule has 1 aliphatic heterocycles. The molecular formula is C18H23BF3NO3. The average Bonchev–Trinajstić information content (AvgIpc) is 2.64. The molecule has 26 heavy (non-hydrogen) atoms. The number of benzene rings is 1. The molecule has 1 saturated carbocycles. The molecule has 2 aliphatic rings. The molecule has 1 saturated heterocycles. The molecule has 0 bridgehead atoms. The van der Waals surface area contributed by atoms with Crippen molar-refractivity contribution in [1.29, 1.82) is 0 Å². The first-order valence-electron chi connectivity index (χ1n) is 8.74. The summed E-state index contributed by atoms with van der Waals surface area (Å²) in [6.07, 6.45) is -2.86. The van der Waals surface area contributed by atoms with E-state index in [2.05, 4.69) is 5.32 Å². The lowest BCUT2D eigenvalue weighted by atomic mass is 9.54. The SMILES string of the molecule is CC1(C)OB([C@H]2CC[C@H]2C(=O)Nc2ccc(C(F)(F)F)cc2)OC1(C)C. The molecule has 2 fully saturated rings. The van der Waals surface area contributed by atoms with E-state index in [0.29, 0.717) is 12.1 Å². The summed E-state index contributed by atoms with van der Waals surface area (Å²) in [6, 6.07) is 4.45. The maximum Gasteiger partial charge on any atom is 0.461 e. The van der Waals surface area contributed by atoms with Crippen LogP contribution in [0.15, 0.2) is 24.3 Å².